The van der Waals surface area contributed by atoms with Crippen molar-refractivity contribution >= 4 is 27.5 Å². The molecule has 1 atom stereocenters. The summed E-state index contributed by atoms with van der Waals surface area (Å²) in [6, 6.07) is 24.7. The van der Waals surface area contributed by atoms with Crippen molar-refractivity contribution in [3.05, 3.63) is 94.0 Å². The van der Waals surface area contributed by atoms with E-state index in [9.17, 15) is 5.11 Å². The summed E-state index contributed by atoms with van der Waals surface area (Å²) < 4.78 is 6.37. The number of halogens is 1. The Balaban J connectivity index is 1.86. The number of para-hydroxylation sites is 1. The second kappa shape index (κ2) is 8.80. The molecule has 0 fully saturated rings. The Hall–Kier alpha value is -2.63. The normalized spacial score (nSPS) is 15.6. The Morgan fingerprint density at radius 2 is 1.72 bits per heavy atom. The third kappa shape index (κ3) is 4.07. The van der Waals surface area contributed by atoms with Gasteiger partial charge in [0.2, 0.25) is 0 Å². The predicted molar refractivity (Wildman–Crippen MR) is 120 cm³/mol. The van der Waals surface area contributed by atoms with Crippen LogP contribution in [0.1, 0.15) is 29.2 Å². The number of fused-ring (bicyclic) bond motifs is 1. The fourth-order valence-electron chi connectivity index (χ4n) is 3.74. The molecular weight excluding hydrogens is 428 g/mol. The van der Waals surface area contributed by atoms with Gasteiger partial charge in [0, 0.05) is 28.8 Å². The zero-order valence-corrected chi connectivity index (χ0v) is 17.8. The third-order valence-corrected chi connectivity index (χ3v) is 5.66. The van der Waals surface area contributed by atoms with E-state index in [2.05, 4.69) is 63.3 Å². The molecule has 1 N–H and O–H groups in total. The van der Waals surface area contributed by atoms with Crippen LogP contribution in [0.25, 0.3) is 0 Å². The SMILES string of the molecule is COc1ccc(C2=Nc3ccccc3C(c3ccc(Br)cc3)N2CCCO)cc1. The molecule has 148 valence electrons. The number of rotatable bonds is 6. The molecule has 1 aliphatic rings. The van der Waals surface area contributed by atoms with Crippen molar-refractivity contribution in [2.45, 2.75) is 12.5 Å². The fraction of sp³-hybridized carbons (Fsp3) is 0.208. The van der Waals surface area contributed by atoms with Gasteiger partial charge in [0.1, 0.15) is 11.6 Å². The lowest BCUT2D eigenvalue weighted by Crippen LogP contribution is -2.39. The second-order valence-corrected chi connectivity index (χ2v) is 7.86. The number of nitrogens with zero attached hydrogens (tertiary/aromatic N) is 2. The van der Waals surface area contributed by atoms with Gasteiger partial charge in [0.25, 0.3) is 0 Å². The summed E-state index contributed by atoms with van der Waals surface area (Å²) in [4.78, 5) is 7.30. The van der Waals surface area contributed by atoms with Crippen LogP contribution in [0.3, 0.4) is 0 Å². The lowest BCUT2D eigenvalue weighted by atomic mass is 9.92. The molecule has 0 saturated carbocycles. The van der Waals surface area contributed by atoms with E-state index < -0.39 is 0 Å². The Morgan fingerprint density at radius 3 is 2.41 bits per heavy atom. The first-order valence-electron chi connectivity index (χ1n) is 9.66. The summed E-state index contributed by atoms with van der Waals surface area (Å²) in [5.41, 5.74) is 4.37. The van der Waals surface area contributed by atoms with E-state index in [0.717, 1.165) is 27.3 Å². The van der Waals surface area contributed by atoms with Crippen LogP contribution in [-0.2, 0) is 0 Å². The molecule has 4 nitrogen and oxygen atoms in total. The summed E-state index contributed by atoms with van der Waals surface area (Å²) in [6.45, 7) is 0.845. The Labute approximate surface area is 179 Å². The standard InChI is InChI=1S/C24H23BrN2O2/c1-29-20-13-9-18(10-14-20)24-26-22-6-3-2-5-21(22)23(27(24)15-4-16-28)17-7-11-19(25)12-8-17/h2-3,5-14,23,28H,4,15-16H2,1H3. The maximum Gasteiger partial charge on any atom is 0.137 e. The van der Waals surface area contributed by atoms with Gasteiger partial charge in [0.05, 0.1) is 18.8 Å². The van der Waals surface area contributed by atoms with Gasteiger partial charge >= 0.3 is 0 Å². The summed E-state index contributed by atoms with van der Waals surface area (Å²) in [5, 5.41) is 9.52. The second-order valence-electron chi connectivity index (χ2n) is 6.95. The van der Waals surface area contributed by atoms with Crippen LogP contribution in [0, 0.1) is 0 Å². The lowest BCUT2D eigenvalue weighted by molar-refractivity contribution is 0.254. The number of aliphatic imine (C=N–C) groups is 1. The number of aliphatic hydroxyl groups excluding tert-OH is 1. The Kier molecular flexibility index (Phi) is 5.97. The zero-order chi connectivity index (χ0) is 20.2. The topological polar surface area (TPSA) is 45.1 Å². The number of benzene rings is 3. The summed E-state index contributed by atoms with van der Waals surface area (Å²) >= 11 is 3.54. The Morgan fingerprint density at radius 1 is 1.00 bits per heavy atom. The smallest absolute Gasteiger partial charge is 0.137 e. The van der Waals surface area contributed by atoms with Crippen LogP contribution in [0.5, 0.6) is 5.75 Å². The minimum absolute atomic E-state index is 0.0282. The number of ether oxygens (including phenoxy) is 1. The summed E-state index contributed by atoms with van der Waals surface area (Å²) in [5.74, 6) is 1.73. The van der Waals surface area contributed by atoms with Crippen LogP contribution < -0.4 is 4.74 Å². The van der Waals surface area contributed by atoms with Gasteiger partial charge in [-0.05, 0) is 54.4 Å². The van der Waals surface area contributed by atoms with Crippen molar-refractivity contribution in [1.82, 2.24) is 4.90 Å². The molecule has 4 rings (SSSR count). The van der Waals surface area contributed by atoms with E-state index in [-0.39, 0.29) is 12.6 Å². The van der Waals surface area contributed by atoms with Crippen LogP contribution >= 0.6 is 15.9 Å². The monoisotopic (exact) mass is 450 g/mol. The van der Waals surface area contributed by atoms with Gasteiger partial charge in [-0.2, -0.15) is 0 Å². The predicted octanol–water partition coefficient (Wildman–Crippen LogP) is 5.32. The number of amidine groups is 1. The summed E-state index contributed by atoms with van der Waals surface area (Å²) in [7, 11) is 1.67. The molecule has 0 bridgehead atoms. The minimum Gasteiger partial charge on any atom is -0.497 e. The molecule has 0 radical (unpaired) electrons. The van der Waals surface area contributed by atoms with Crippen molar-refractivity contribution in [3.8, 4) is 5.75 Å². The molecule has 1 aliphatic heterocycles. The van der Waals surface area contributed by atoms with E-state index in [1.807, 2.05) is 30.3 Å². The first-order chi connectivity index (χ1) is 14.2. The van der Waals surface area contributed by atoms with Crippen LogP contribution in [0.4, 0.5) is 5.69 Å². The first-order valence-corrected chi connectivity index (χ1v) is 10.5. The highest BCUT2D eigenvalue weighted by Crippen LogP contribution is 2.40. The van der Waals surface area contributed by atoms with E-state index in [0.29, 0.717) is 13.0 Å². The molecule has 5 heteroatoms. The molecule has 1 unspecified atom stereocenters. The van der Waals surface area contributed by atoms with Gasteiger partial charge in [-0.15, -0.1) is 0 Å². The van der Waals surface area contributed by atoms with E-state index in [1.165, 1.54) is 11.1 Å². The molecule has 29 heavy (non-hydrogen) atoms. The minimum atomic E-state index is 0.0282. The van der Waals surface area contributed by atoms with E-state index in [1.54, 1.807) is 7.11 Å². The molecular formula is C24H23BrN2O2. The average molecular weight is 451 g/mol. The molecule has 3 aromatic rings. The van der Waals surface area contributed by atoms with Crippen molar-refractivity contribution in [1.29, 1.82) is 0 Å². The molecule has 0 spiro atoms. The molecule has 0 amide bonds. The molecule has 0 aromatic heterocycles. The van der Waals surface area contributed by atoms with Crippen LogP contribution in [0.15, 0.2) is 82.3 Å². The summed E-state index contributed by atoms with van der Waals surface area (Å²) in [6.07, 6.45) is 0.671. The average Bonchev–Trinajstić information content (AvgIpc) is 2.77. The van der Waals surface area contributed by atoms with Crippen molar-refractivity contribution in [3.63, 3.8) is 0 Å². The molecule has 3 aromatic carbocycles. The highest BCUT2D eigenvalue weighted by molar-refractivity contribution is 9.10. The van der Waals surface area contributed by atoms with Gasteiger partial charge in [-0.25, -0.2) is 4.99 Å². The Bertz CT molecular complexity index is 1000. The van der Waals surface area contributed by atoms with Crippen molar-refractivity contribution in [2.75, 3.05) is 20.3 Å². The van der Waals surface area contributed by atoms with Crippen LogP contribution in [0.2, 0.25) is 0 Å². The first kappa shape index (κ1) is 19.7. The van der Waals surface area contributed by atoms with Gasteiger partial charge < -0.3 is 14.7 Å². The van der Waals surface area contributed by atoms with E-state index >= 15 is 0 Å². The largest absolute Gasteiger partial charge is 0.497 e. The lowest BCUT2D eigenvalue weighted by Gasteiger charge is -2.39. The maximum absolute atomic E-state index is 9.52. The maximum atomic E-state index is 9.52. The third-order valence-electron chi connectivity index (χ3n) is 5.13. The van der Waals surface area contributed by atoms with Crippen LogP contribution in [-0.4, -0.2) is 36.1 Å². The van der Waals surface area contributed by atoms with E-state index in [4.69, 9.17) is 9.73 Å². The van der Waals surface area contributed by atoms with Gasteiger partial charge in [0.15, 0.2) is 0 Å². The highest BCUT2D eigenvalue weighted by Gasteiger charge is 2.31. The quantitative estimate of drug-likeness (QED) is 0.552. The van der Waals surface area contributed by atoms with Crippen molar-refractivity contribution < 1.29 is 9.84 Å². The number of methoxy groups -OCH3 is 1. The number of hydrogen-bond acceptors (Lipinski definition) is 4. The van der Waals surface area contributed by atoms with Crippen molar-refractivity contribution in [2.24, 2.45) is 4.99 Å². The fourth-order valence-corrected chi connectivity index (χ4v) is 4.00. The molecule has 1 heterocycles. The number of hydrogen-bond donors (Lipinski definition) is 1. The zero-order valence-electron chi connectivity index (χ0n) is 16.3. The van der Waals surface area contributed by atoms with Gasteiger partial charge in [-0.3, -0.25) is 0 Å². The number of aliphatic hydroxyl groups is 1. The molecule has 0 aliphatic carbocycles. The highest BCUT2D eigenvalue weighted by atomic mass is 79.9. The molecule has 0 saturated heterocycles. The van der Waals surface area contributed by atoms with Gasteiger partial charge in [-0.1, -0.05) is 46.3 Å².